The van der Waals surface area contributed by atoms with E-state index in [9.17, 15) is 9.59 Å². The normalized spacial score (nSPS) is 14.1. The predicted molar refractivity (Wildman–Crippen MR) is 108 cm³/mol. The second-order valence-corrected chi connectivity index (χ2v) is 8.23. The maximum absolute atomic E-state index is 12.8. The number of thiophene rings is 1. The van der Waals surface area contributed by atoms with Crippen molar-refractivity contribution in [3.63, 3.8) is 0 Å². The Morgan fingerprint density at radius 3 is 2.74 bits per heavy atom. The number of rotatable bonds is 5. The first-order valence-electron chi connectivity index (χ1n) is 8.65. The van der Waals surface area contributed by atoms with Crippen molar-refractivity contribution in [2.24, 2.45) is 5.73 Å². The number of halogens is 1. The van der Waals surface area contributed by atoms with Gasteiger partial charge in [-0.1, -0.05) is 11.6 Å². The first kappa shape index (κ1) is 19.7. The molecule has 0 aliphatic carbocycles. The lowest BCUT2D eigenvalue weighted by Gasteiger charge is -2.30. The molecule has 0 saturated carbocycles. The standard InChI is InChI=1S/C19H22ClN3O3S/c1-10(2)23-7-6-12-15(9-23)27-19(16(12)17(21)24)22-18(25)13-8-11(20)4-5-14(13)26-3/h4-5,8,10H,6-7,9H2,1-3H3,(H2,21,24)(H,22,25). The van der Waals surface area contributed by atoms with Crippen LogP contribution in [0.5, 0.6) is 5.75 Å². The molecule has 144 valence electrons. The van der Waals surface area contributed by atoms with Gasteiger partial charge in [-0.2, -0.15) is 0 Å². The predicted octanol–water partition coefficient (Wildman–Crippen LogP) is 3.53. The molecule has 0 fully saturated rings. The maximum atomic E-state index is 12.8. The Hall–Kier alpha value is -2.09. The number of anilines is 1. The van der Waals surface area contributed by atoms with E-state index in [2.05, 4.69) is 24.1 Å². The second-order valence-electron chi connectivity index (χ2n) is 6.69. The number of benzene rings is 1. The van der Waals surface area contributed by atoms with Crippen LogP contribution in [0.25, 0.3) is 0 Å². The fourth-order valence-electron chi connectivity index (χ4n) is 3.24. The van der Waals surface area contributed by atoms with Gasteiger partial charge < -0.3 is 15.8 Å². The first-order chi connectivity index (χ1) is 12.8. The maximum Gasteiger partial charge on any atom is 0.260 e. The fourth-order valence-corrected chi connectivity index (χ4v) is 4.69. The van der Waals surface area contributed by atoms with E-state index in [-0.39, 0.29) is 0 Å². The average Bonchev–Trinajstić information content (AvgIpc) is 2.98. The summed E-state index contributed by atoms with van der Waals surface area (Å²) in [4.78, 5) is 28.3. The van der Waals surface area contributed by atoms with E-state index >= 15 is 0 Å². The van der Waals surface area contributed by atoms with E-state index in [0.29, 0.717) is 32.9 Å². The minimum Gasteiger partial charge on any atom is -0.496 e. The molecule has 1 aliphatic rings. The van der Waals surface area contributed by atoms with Gasteiger partial charge in [-0.3, -0.25) is 14.5 Å². The lowest BCUT2D eigenvalue weighted by molar-refractivity contribution is 0.0999. The highest BCUT2D eigenvalue weighted by Gasteiger charge is 2.29. The molecule has 2 heterocycles. The quantitative estimate of drug-likeness (QED) is 0.794. The van der Waals surface area contributed by atoms with Gasteiger partial charge in [0, 0.05) is 29.0 Å². The zero-order valence-corrected chi connectivity index (χ0v) is 17.0. The van der Waals surface area contributed by atoms with E-state index in [0.717, 1.165) is 30.0 Å². The first-order valence-corrected chi connectivity index (χ1v) is 9.84. The average molecular weight is 408 g/mol. The monoisotopic (exact) mass is 407 g/mol. The molecule has 6 nitrogen and oxygen atoms in total. The zero-order valence-electron chi connectivity index (χ0n) is 15.5. The van der Waals surface area contributed by atoms with Gasteiger partial charge in [-0.05, 0) is 44.0 Å². The number of carbonyl (C=O) groups is 2. The molecule has 0 spiro atoms. The largest absolute Gasteiger partial charge is 0.496 e. The molecule has 0 bridgehead atoms. The topological polar surface area (TPSA) is 84.7 Å². The molecule has 0 saturated heterocycles. The van der Waals surface area contributed by atoms with Crippen LogP contribution in [0.15, 0.2) is 18.2 Å². The molecule has 1 aliphatic heterocycles. The highest BCUT2D eigenvalue weighted by molar-refractivity contribution is 7.17. The molecule has 2 amide bonds. The Morgan fingerprint density at radius 1 is 1.37 bits per heavy atom. The van der Waals surface area contributed by atoms with Crippen molar-refractivity contribution in [3.8, 4) is 5.75 Å². The summed E-state index contributed by atoms with van der Waals surface area (Å²) in [5.74, 6) is -0.514. The van der Waals surface area contributed by atoms with Gasteiger partial charge in [0.25, 0.3) is 11.8 Å². The summed E-state index contributed by atoms with van der Waals surface area (Å²) < 4.78 is 5.24. The number of nitrogens with two attached hydrogens (primary N) is 1. The van der Waals surface area contributed by atoms with Crippen molar-refractivity contribution in [3.05, 3.63) is 44.8 Å². The molecule has 0 unspecified atom stereocenters. The molecule has 0 atom stereocenters. The van der Waals surface area contributed by atoms with Gasteiger partial charge in [0.15, 0.2) is 0 Å². The summed E-state index contributed by atoms with van der Waals surface area (Å²) in [5.41, 5.74) is 7.28. The number of primary amides is 1. The van der Waals surface area contributed by atoms with Crippen LogP contribution in [-0.4, -0.2) is 36.4 Å². The number of carbonyl (C=O) groups excluding carboxylic acids is 2. The highest BCUT2D eigenvalue weighted by atomic mass is 35.5. The molecular formula is C19H22ClN3O3S. The number of amides is 2. The van der Waals surface area contributed by atoms with Crippen molar-refractivity contribution < 1.29 is 14.3 Å². The van der Waals surface area contributed by atoms with Crippen molar-refractivity contribution in [1.29, 1.82) is 0 Å². The van der Waals surface area contributed by atoms with Crippen LogP contribution in [0.1, 0.15) is 45.0 Å². The van der Waals surface area contributed by atoms with E-state index in [1.807, 2.05) is 0 Å². The molecule has 27 heavy (non-hydrogen) atoms. The van der Waals surface area contributed by atoms with Crippen LogP contribution >= 0.6 is 22.9 Å². The molecule has 1 aromatic heterocycles. The van der Waals surface area contributed by atoms with Crippen LogP contribution in [0.3, 0.4) is 0 Å². The third-order valence-corrected chi connectivity index (χ3v) is 6.06. The van der Waals surface area contributed by atoms with E-state index in [1.165, 1.54) is 24.5 Å². The zero-order chi connectivity index (χ0) is 19.7. The summed E-state index contributed by atoms with van der Waals surface area (Å²) in [6, 6.07) is 5.22. The Balaban J connectivity index is 1.95. The van der Waals surface area contributed by atoms with E-state index in [4.69, 9.17) is 22.1 Å². The molecule has 1 aromatic carbocycles. The SMILES string of the molecule is COc1ccc(Cl)cc1C(=O)Nc1sc2c(c1C(N)=O)CCN(C(C)C)C2. The molecular weight excluding hydrogens is 386 g/mol. The number of fused-ring (bicyclic) bond motifs is 1. The van der Waals surface area contributed by atoms with Crippen LogP contribution in [0, 0.1) is 0 Å². The summed E-state index contributed by atoms with van der Waals surface area (Å²) in [7, 11) is 1.49. The van der Waals surface area contributed by atoms with Crippen molar-refractivity contribution in [1.82, 2.24) is 4.90 Å². The van der Waals surface area contributed by atoms with Gasteiger partial charge in [-0.25, -0.2) is 0 Å². The van der Waals surface area contributed by atoms with E-state index in [1.54, 1.807) is 12.1 Å². The molecule has 8 heteroatoms. The van der Waals surface area contributed by atoms with Crippen molar-refractivity contribution >= 4 is 39.8 Å². The van der Waals surface area contributed by atoms with Gasteiger partial charge in [0.1, 0.15) is 10.8 Å². The molecule has 0 radical (unpaired) electrons. The Morgan fingerprint density at radius 2 is 2.11 bits per heavy atom. The number of ether oxygens (including phenoxy) is 1. The van der Waals surface area contributed by atoms with Gasteiger partial charge in [0.2, 0.25) is 0 Å². The van der Waals surface area contributed by atoms with Crippen LogP contribution in [0.2, 0.25) is 5.02 Å². The second kappa shape index (κ2) is 7.88. The Labute approximate surface area is 167 Å². The van der Waals surface area contributed by atoms with Crippen LogP contribution < -0.4 is 15.8 Å². The lowest BCUT2D eigenvalue weighted by atomic mass is 10.0. The lowest BCUT2D eigenvalue weighted by Crippen LogP contribution is -2.35. The van der Waals surface area contributed by atoms with Crippen LogP contribution in [-0.2, 0) is 13.0 Å². The minimum absolute atomic E-state index is 0.301. The van der Waals surface area contributed by atoms with Crippen molar-refractivity contribution in [2.75, 3.05) is 19.0 Å². The Bertz CT molecular complexity index is 895. The van der Waals surface area contributed by atoms with Gasteiger partial charge >= 0.3 is 0 Å². The summed E-state index contributed by atoms with van der Waals surface area (Å²) in [5, 5.41) is 3.74. The number of nitrogens with zero attached hydrogens (tertiary/aromatic N) is 1. The van der Waals surface area contributed by atoms with Crippen LogP contribution in [0.4, 0.5) is 5.00 Å². The summed E-state index contributed by atoms with van der Waals surface area (Å²) >= 11 is 7.42. The highest BCUT2D eigenvalue weighted by Crippen LogP contribution is 2.38. The number of methoxy groups -OCH3 is 1. The number of nitrogens with one attached hydrogen (secondary N) is 1. The van der Waals surface area contributed by atoms with Gasteiger partial charge in [0.05, 0.1) is 18.2 Å². The molecule has 3 rings (SSSR count). The third-order valence-electron chi connectivity index (χ3n) is 4.70. The smallest absolute Gasteiger partial charge is 0.260 e. The summed E-state index contributed by atoms with van der Waals surface area (Å²) in [6.07, 6.45) is 0.735. The molecule has 3 N–H and O–H groups in total. The number of hydrogen-bond acceptors (Lipinski definition) is 5. The minimum atomic E-state index is -0.529. The molecule has 2 aromatic rings. The number of hydrogen-bond donors (Lipinski definition) is 2. The summed E-state index contributed by atoms with van der Waals surface area (Å²) in [6.45, 7) is 5.88. The Kier molecular flexibility index (Phi) is 5.74. The van der Waals surface area contributed by atoms with Crippen molar-refractivity contribution in [2.45, 2.75) is 32.9 Å². The third kappa shape index (κ3) is 3.95. The fraction of sp³-hybridized carbons (Fsp3) is 0.368. The van der Waals surface area contributed by atoms with Gasteiger partial charge in [-0.15, -0.1) is 11.3 Å². The van der Waals surface area contributed by atoms with E-state index < -0.39 is 11.8 Å².